The number of pyridine rings is 2. The van der Waals surface area contributed by atoms with Gasteiger partial charge in [-0.3, -0.25) is 9.59 Å². The Labute approximate surface area is 137 Å². The Bertz CT molecular complexity index is 979. The van der Waals surface area contributed by atoms with Crippen molar-refractivity contribution < 1.29 is 4.79 Å². The quantitative estimate of drug-likeness (QED) is 0.786. The Hall–Kier alpha value is -2.66. The fourth-order valence-corrected chi connectivity index (χ4v) is 2.59. The minimum atomic E-state index is -0.491. The van der Waals surface area contributed by atoms with Gasteiger partial charge in [-0.05, 0) is 36.8 Å². The van der Waals surface area contributed by atoms with Crippen molar-refractivity contribution in [2.75, 3.05) is 5.32 Å². The standard InChI is InChI=1S/C17H14ClN3O2/c1-10-4-3-7-19-16(10)20-17(23)13-9-21(2)14-6-5-11(18)8-12(14)15(13)22/h3-9H,1-2H3,(H,19,20,23). The number of carbonyl (C=O) groups is 1. The summed E-state index contributed by atoms with van der Waals surface area (Å²) < 4.78 is 1.73. The number of fused-ring (bicyclic) bond motifs is 1. The summed E-state index contributed by atoms with van der Waals surface area (Å²) >= 11 is 5.97. The Morgan fingerprint density at radius 1 is 1.30 bits per heavy atom. The number of anilines is 1. The van der Waals surface area contributed by atoms with Crippen LogP contribution in [0.1, 0.15) is 15.9 Å². The minimum absolute atomic E-state index is 0.0484. The van der Waals surface area contributed by atoms with Crippen molar-refractivity contribution in [3.05, 3.63) is 69.1 Å². The molecule has 0 unspecified atom stereocenters. The van der Waals surface area contributed by atoms with Gasteiger partial charge in [0, 0.05) is 29.9 Å². The van der Waals surface area contributed by atoms with E-state index in [4.69, 9.17) is 11.6 Å². The van der Waals surface area contributed by atoms with Crippen LogP contribution >= 0.6 is 11.6 Å². The second-order valence-corrected chi connectivity index (χ2v) is 5.70. The number of nitrogens with zero attached hydrogens (tertiary/aromatic N) is 2. The molecular formula is C17H14ClN3O2. The molecule has 3 rings (SSSR count). The van der Waals surface area contributed by atoms with Gasteiger partial charge < -0.3 is 9.88 Å². The van der Waals surface area contributed by atoms with Crippen LogP contribution in [0.15, 0.2) is 47.5 Å². The molecule has 1 N–H and O–H groups in total. The van der Waals surface area contributed by atoms with E-state index in [0.29, 0.717) is 21.7 Å². The smallest absolute Gasteiger partial charge is 0.262 e. The predicted molar refractivity (Wildman–Crippen MR) is 91.1 cm³/mol. The molecule has 0 aliphatic rings. The lowest BCUT2D eigenvalue weighted by molar-refractivity contribution is 0.102. The molecule has 0 radical (unpaired) electrons. The first-order valence-electron chi connectivity index (χ1n) is 6.99. The van der Waals surface area contributed by atoms with Crippen molar-refractivity contribution in [2.24, 2.45) is 7.05 Å². The van der Waals surface area contributed by atoms with E-state index in [1.54, 1.807) is 42.1 Å². The van der Waals surface area contributed by atoms with Crippen LogP contribution in [0.25, 0.3) is 10.9 Å². The normalized spacial score (nSPS) is 10.7. The molecule has 0 atom stereocenters. The number of halogens is 1. The topological polar surface area (TPSA) is 64.0 Å². The highest BCUT2D eigenvalue weighted by molar-refractivity contribution is 6.31. The molecule has 1 aromatic carbocycles. The van der Waals surface area contributed by atoms with E-state index in [0.717, 1.165) is 5.56 Å². The van der Waals surface area contributed by atoms with Gasteiger partial charge in [0.25, 0.3) is 5.91 Å². The molecule has 1 amide bonds. The summed E-state index contributed by atoms with van der Waals surface area (Å²) in [7, 11) is 1.78. The van der Waals surface area contributed by atoms with Crippen molar-refractivity contribution in [1.29, 1.82) is 0 Å². The average Bonchev–Trinajstić information content (AvgIpc) is 2.53. The number of amides is 1. The van der Waals surface area contributed by atoms with Gasteiger partial charge in [-0.1, -0.05) is 17.7 Å². The van der Waals surface area contributed by atoms with Crippen LogP contribution in [0.4, 0.5) is 5.82 Å². The summed E-state index contributed by atoms with van der Waals surface area (Å²) in [6.45, 7) is 1.83. The maximum absolute atomic E-state index is 12.6. The number of carbonyl (C=O) groups excluding carboxylic acids is 1. The van der Waals surface area contributed by atoms with E-state index in [1.807, 2.05) is 13.0 Å². The molecule has 0 fully saturated rings. The molecule has 3 aromatic rings. The zero-order chi connectivity index (χ0) is 16.6. The van der Waals surface area contributed by atoms with Gasteiger partial charge in [-0.25, -0.2) is 4.98 Å². The van der Waals surface area contributed by atoms with Crippen LogP contribution in [-0.4, -0.2) is 15.5 Å². The summed E-state index contributed by atoms with van der Waals surface area (Å²) in [5, 5.41) is 3.54. The largest absolute Gasteiger partial charge is 0.350 e. The number of benzene rings is 1. The second kappa shape index (κ2) is 5.85. The third-order valence-electron chi connectivity index (χ3n) is 3.64. The summed E-state index contributed by atoms with van der Waals surface area (Å²) in [4.78, 5) is 29.2. The molecule has 0 saturated heterocycles. The Kier molecular flexibility index (Phi) is 3.88. The van der Waals surface area contributed by atoms with Gasteiger partial charge in [0.15, 0.2) is 0 Å². The molecule has 2 aromatic heterocycles. The molecule has 0 spiro atoms. The van der Waals surface area contributed by atoms with E-state index < -0.39 is 5.91 Å². The first-order chi connectivity index (χ1) is 11.0. The molecule has 116 valence electrons. The summed E-state index contributed by atoms with van der Waals surface area (Å²) in [6, 6.07) is 8.65. The summed E-state index contributed by atoms with van der Waals surface area (Å²) in [5.41, 5.74) is 1.23. The summed E-state index contributed by atoms with van der Waals surface area (Å²) in [5.74, 6) is -0.0555. The van der Waals surface area contributed by atoms with Crippen LogP contribution in [-0.2, 0) is 7.05 Å². The van der Waals surface area contributed by atoms with Gasteiger partial charge in [0.1, 0.15) is 11.4 Å². The van der Waals surface area contributed by atoms with E-state index in [-0.39, 0.29) is 11.0 Å². The highest BCUT2D eigenvalue weighted by atomic mass is 35.5. The lowest BCUT2D eigenvalue weighted by Gasteiger charge is -2.10. The Morgan fingerprint density at radius 3 is 2.83 bits per heavy atom. The van der Waals surface area contributed by atoms with Crippen molar-refractivity contribution >= 4 is 34.2 Å². The zero-order valence-corrected chi connectivity index (χ0v) is 13.4. The predicted octanol–water partition coefficient (Wildman–Crippen LogP) is 3.15. The van der Waals surface area contributed by atoms with E-state index in [2.05, 4.69) is 10.3 Å². The molecule has 0 aliphatic heterocycles. The van der Waals surface area contributed by atoms with Gasteiger partial charge in [0.2, 0.25) is 5.43 Å². The van der Waals surface area contributed by atoms with Crippen molar-refractivity contribution in [3.8, 4) is 0 Å². The molecule has 5 nitrogen and oxygen atoms in total. The fourth-order valence-electron chi connectivity index (χ4n) is 2.42. The number of aryl methyl sites for hydroxylation is 2. The SMILES string of the molecule is Cc1cccnc1NC(=O)c1cn(C)c2ccc(Cl)cc2c1=O. The van der Waals surface area contributed by atoms with Crippen LogP contribution < -0.4 is 10.7 Å². The zero-order valence-electron chi connectivity index (χ0n) is 12.6. The van der Waals surface area contributed by atoms with Gasteiger partial charge >= 0.3 is 0 Å². The first-order valence-corrected chi connectivity index (χ1v) is 7.37. The second-order valence-electron chi connectivity index (χ2n) is 5.27. The molecule has 0 bridgehead atoms. The third-order valence-corrected chi connectivity index (χ3v) is 3.87. The Balaban J connectivity index is 2.09. The van der Waals surface area contributed by atoms with Crippen LogP contribution in [0.3, 0.4) is 0 Å². The van der Waals surface area contributed by atoms with Gasteiger partial charge in [-0.2, -0.15) is 0 Å². The third kappa shape index (κ3) is 2.83. The lowest BCUT2D eigenvalue weighted by Crippen LogP contribution is -2.24. The average molecular weight is 328 g/mol. The highest BCUT2D eigenvalue weighted by Crippen LogP contribution is 2.17. The number of aromatic nitrogens is 2. The number of hydrogen-bond donors (Lipinski definition) is 1. The van der Waals surface area contributed by atoms with Gasteiger partial charge in [-0.15, -0.1) is 0 Å². The maximum atomic E-state index is 12.6. The van der Waals surface area contributed by atoms with Crippen molar-refractivity contribution in [1.82, 2.24) is 9.55 Å². The molecule has 23 heavy (non-hydrogen) atoms. The molecular weight excluding hydrogens is 314 g/mol. The molecule has 6 heteroatoms. The molecule has 0 aliphatic carbocycles. The maximum Gasteiger partial charge on any atom is 0.262 e. The Morgan fingerprint density at radius 2 is 2.09 bits per heavy atom. The molecule has 0 saturated carbocycles. The minimum Gasteiger partial charge on any atom is -0.350 e. The van der Waals surface area contributed by atoms with E-state index in [1.165, 1.54) is 6.20 Å². The first kappa shape index (κ1) is 15.2. The number of nitrogens with one attached hydrogen (secondary N) is 1. The van der Waals surface area contributed by atoms with E-state index in [9.17, 15) is 9.59 Å². The lowest BCUT2D eigenvalue weighted by atomic mass is 10.1. The van der Waals surface area contributed by atoms with Gasteiger partial charge in [0.05, 0.1) is 5.52 Å². The van der Waals surface area contributed by atoms with Crippen LogP contribution in [0.5, 0.6) is 0 Å². The number of rotatable bonds is 2. The monoisotopic (exact) mass is 327 g/mol. The van der Waals surface area contributed by atoms with Crippen LogP contribution in [0, 0.1) is 6.92 Å². The fraction of sp³-hybridized carbons (Fsp3) is 0.118. The summed E-state index contributed by atoms with van der Waals surface area (Å²) in [6.07, 6.45) is 3.10. The van der Waals surface area contributed by atoms with Crippen LogP contribution in [0.2, 0.25) is 5.02 Å². The highest BCUT2D eigenvalue weighted by Gasteiger charge is 2.16. The van der Waals surface area contributed by atoms with E-state index >= 15 is 0 Å². The van der Waals surface area contributed by atoms with Crippen molar-refractivity contribution in [3.63, 3.8) is 0 Å². The number of hydrogen-bond acceptors (Lipinski definition) is 3. The molecule has 2 heterocycles. The van der Waals surface area contributed by atoms with Crippen molar-refractivity contribution in [2.45, 2.75) is 6.92 Å².